The highest BCUT2D eigenvalue weighted by Gasteiger charge is 2.25. The molecule has 32 heavy (non-hydrogen) atoms. The third-order valence-electron chi connectivity index (χ3n) is 6.57. The number of nitrogens with one attached hydrogen (secondary N) is 1. The first-order valence-electron chi connectivity index (χ1n) is 12.0. The number of piperidine rings is 2. The number of benzene rings is 2. The topological polar surface area (TPSA) is 44.8 Å². The van der Waals surface area contributed by atoms with E-state index in [1.165, 1.54) is 58.3 Å². The van der Waals surface area contributed by atoms with Gasteiger partial charge in [-0.15, -0.1) is 0 Å². The van der Waals surface area contributed by atoms with Crippen molar-refractivity contribution in [2.45, 2.75) is 44.6 Å². The second kappa shape index (κ2) is 11.7. The molecule has 2 aliphatic heterocycles. The fraction of sp³-hybridized carbons (Fsp3) is 0.500. The van der Waals surface area contributed by atoms with Crippen molar-refractivity contribution in [2.75, 3.05) is 39.3 Å². The van der Waals surface area contributed by atoms with Gasteiger partial charge in [0, 0.05) is 23.2 Å². The third-order valence-corrected chi connectivity index (χ3v) is 6.82. The maximum absolute atomic E-state index is 12.4. The van der Waals surface area contributed by atoms with E-state index in [2.05, 4.69) is 15.1 Å². The molecular weight excluding hydrogens is 422 g/mol. The van der Waals surface area contributed by atoms with Gasteiger partial charge in [-0.2, -0.15) is 0 Å². The summed E-state index contributed by atoms with van der Waals surface area (Å²) in [4.78, 5) is 17.7. The van der Waals surface area contributed by atoms with Gasteiger partial charge in [0.2, 0.25) is 0 Å². The van der Waals surface area contributed by atoms with Crippen molar-refractivity contribution >= 4 is 17.5 Å². The molecule has 5 nitrogen and oxygen atoms in total. The molecule has 4 rings (SSSR count). The molecular formula is C26H34ClN3O2. The highest BCUT2D eigenvalue weighted by atomic mass is 35.5. The fourth-order valence-electron chi connectivity index (χ4n) is 4.71. The maximum Gasteiger partial charge on any atom is 0.251 e. The van der Waals surface area contributed by atoms with Gasteiger partial charge in [0.05, 0.1) is 0 Å². The average molecular weight is 456 g/mol. The number of rotatable bonds is 8. The average Bonchev–Trinajstić information content (AvgIpc) is 2.84. The Hall–Kier alpha value is -2.08. The van der Waals surface area contributed by atoms with Crippen LogP contribution in [0.15, 0.2) is 48.5 Å². The minimum atomic E-state index is -0.0353. The van der Waals surface area contributed by atoms with E-state index in [0.29, 0.717) is 28.6 Å². The van der Waals surface area contributed by atoms with Gasteiger partial charge in [-0.05, 0) is 113 Å². The molecule has 0 atom stereocenters. The molecule has 1 amide bonds. The van der Waals surface area contributed by atoms with Gasteiger partial charge in [0.25, 0.3) is 5.91 Å². The number of carbonyl (C=O) groups excluding carboxylic acids is 1. The molecule has 0 unspecified atom stereocenters. The largest absolute Gasteiger partial charge is 0.457 e. The van der Waals surface area contributed by atoms with Gasteiger partial charge in [0.1, 0.15) is 11.5 Å². The smallest absolute Gasteiger partial charge is 0.251 e. The van der Waals surface area contributed by atoms with Crippen molar-refractivity contribution in [3.05, 3.63) is 59.1 Å². The van der Waals surface area contributed by atoms with Crippen LogP contribution in [0.25, 0.3) is 0 Å². The van der Waals surface area contributed by atoms with E-state index in [0.717, 1.165) is 19.0 Å². The summed E-state index contributed by atoms with van der Waals surface area (Å²) in [6.45, 7) is 6.72. The molecule has 2 aliphatic rings. The van der Waals surface area contributed by atoms with Crippen molar-refractivity contribution in [1.29, 1.82) is 0 Å². The molecule has 1 N–H and O–H groups in total. The number of nitrogens with zero attached hydrogens (tertiary/aromatic N) is 2. The lowest BCUT2D eigenvalue weighted by molar-refractivity contribution is 0.0903. The SMILES string of the molecule is O=C(NCCCN1CCC(N2CCCCC2)CC1)c1ccc(Oc2ccc(Cl)cc2)cc1. The van der Waals surface area contributed by atoms with Crippen LogP contribution in [0.5, 0.6) is 11.5 Å². The highest BCUT2D eigenvalue weighted by molar-refractivity contribution is 6.30. The van der Waals surface area contributed by atoms with E-state index in [9.17, 15) is 4.79 Å². The quantitative estimate of drug-likeness (QED) is 0.555. The van der Waals surface area contributed by atoms with E-state index in [1.807, 2.05) is 24.3 Å². The van der Waals surface area contributed by atoms with Gasteiger partial charge >= 0.3 is 0 Å². The molecule has 2 aromatic carbocycles. The van der Waals surface area contributed by atoms with E-state index >= 15 is 0 Å². The summed E-state index contributed by atoms with van der Waals surface area (Å²) in [6.07, 6.45) is 7.71. The van der Waals surface area contributed by atoms with Crippen molar-refractivity contribution in [3.8, 4) is 11.5 Å². The summed E-state index contributed by atoms with van der Waals surface area (Å²) in [6, 6.07) is 15.2. The van der Waals surface area contributed by atoms with Crippen LogP contribution in [0, 0.1) is 0 Å². The number of likely N-dealkylation sites (tertiary alicyclic amines) is 2. The van der Waals surface area contributed by atoms with Crippen molar-refractivity contribution < 1.29 is 9.53 Å². The zero-order valence-electron chi connectivity index (χ0n) is 18.8. The summed E-state index contributed by atoms with van der Waals surface area (Å²) in [7, 11) is 0. The number of ether oxygens (including phenoxy) is 1. The predicted molar refractivity (Wildman–Crippen MR) is 130 cm³/mol. The lowest BCUT2D eigenvalue weighted by Gasteiger charge is -2.40. The molecule has 0 radical (unpaired) electrons. The van der Waals surface area contributed by atoms with Crippen LogP contribution in [-0.2, 0) is 0 Å². The summed E-state index contributed by atoms with van der Waals surface area (Å²) < 4.78 is 5.78. The summed E-state index contributed by atoms with van der Waals surface area (Å²) in [5, 5.41) is 3.72. The van der Waals surface area contributed by atoms with E-state index < -0.39 is 0 Å². The second-order valence-electron chi connectivity index (χ2n) is 8.86. The third kappa shape index (κ3) is 6.71. The van der Waals surface area contributed by atoms with Gasteiger partial charge in [-0.1, -0.05) is 18.0 Å². The van der Waals surface area contributed by atoms with Gasteiger partial charge in [-0.25, -0.2) is 0 Å². The first-order valence-corrected chi connectivity index (χ1v) is 12.3. The lowest BCUT2D eigenvalue weighted by Crippen LogP contribution is -2.47. The second-order valence-corrected chi connectivity index (χ2v) is 9.30. The van der Waals surface area contributed by atoms with E-state index in [1.54, 1.807) is 24.3 Å². The van der Waals surface area contributed by atoms with Crippen LogP contribution in [-0.4, -0.2) is 61.0 Å². The molecule has 2 fully saturated rings. The molecule has 0 spiro atoms. The van der Waals surface area contributed by atoms with Crippen LogP contribution in [0.4, 0.5) is 0 Å². The normalized spacial score (nSPS) is 18.4. The van der Waals surface area contributed by atoms with E-state index in [-0.39, 0.29) is 5.91 Å². The predicted octanol–water partition coefficient (Wildman–Crippen LogP) is 5.20. The monoisotopic (exact) mass is 455 g/mol. The van der Waals surface area contributed by atoms with Crippen molar-refractivity contribution in [2.24, 2.45) is 0 Å². The molecule has 0 bridgehead atoms. The maximum atomic E-state index is 12.4. The van der Waals surface area contributed by atoms with Crippen LogP contribution in [0.1, 0.15) is 48.9 Å². The van der Waals surface area contributed by atoms with Crippen LogP contribution < -0.4 is 10.1 Å². The summed E-state index contributed by atoms with van der Waals surface area (Å²) in [5.74, 6) is 1.37. The highest BCUT2D eigenvalue weighted by Crippen LogP contribution is 2.23. The van der Waals surface area contributed by atoms with Crippen LogP contribution in [0.3, 0.4) is 0 Å². The standard InChI is InChI=1S/C26H34ClN3O2/c27-22-7-11-25(12-8-22)32-24-9-5-21(6-10-24)26(31)28-15-4-16-29-19-13-23(14-20-29)30-17-2-1-3-18-30/h5-12,23H,1-4,13-20H2,(H,28,31). The van der Waals surface area contributed by atoms with Crippen molar-refractivity contribution in [3.63, 3.8) is 0 Å². The molecule has 0 saturated carbocycles. The molecule has 2 heterocycles. The first kappa shape index (κ1) is 23.1. The van der Waals surface area contributed by atoms with Gasteiger partial charge in [0.15, 0.2) is 0 Å². The summed E-state index contributed by atoms with van der Waals surface area (Å²) in [5.41, 5.74) is 0.649. The Balaban J connectivity index is 1.13. The zero-order chi connectivity index (χ0) is 22.2. The minimum Gasteiger partial charge on any atom is -0.457 e. The number of hydrogen-bond acceptors (Lipinski definition) is 4. The molecule has 2 saturated heterocycles. The Kier molecular flexibility index (Phi) is 8.43. The Bertz CT molecular complexity index is 842. The Morgan fingerprint density at radius 1 is 0.906 bits per heavy atom. The fourth-order valence-corrected chi connectivity index (χ4v) is 4.84. The zero-order valence-corrected chi connectivity index (χ0v) is 19.5. The molecule has 2 aromatic rings. The Morgan fingerprint density at radius 3 is 2.19 bits per heavy atom. The van der Waals surface area contributed by atoms with E-state index in [4.69, 9.17) is 16.3 Å². The number of amides is 1. The molecule has 0 aliphatic carbocycles. The van der Waals surface area contributed by atoms with Gasteiger partial charge in [-0.3, -0.25) is 4.79 Å². The lowest BCUT2D eigenvalue weighted by atomic mass is 10.00. The van der Waals surface area contributed by atoms with Crippen LogP contribution in [0.2, 0.25) is 5.02 Å². The Labute approximate surface area is 196 Å². The molecule has 172 valence electrons. The van der Waals surface area contributed by atoms with Crippen LogP contribution >= 0.6 is 11.6 Å². The summed E-state index contributed by atoms with van der Waals surface area (Å²) >= 11 is 5.90. The van der Waals surface area contributed by atoms with Gasteiger partial charge < -0.3 is 19.9 Å². The Morgan fingerprint density at radius 2 is 1.53 bits per heavy atom. The van der Waals surface area contributed by atoms with Crippen molar-refractivity contribution in [1.82, 2.24) is 15.1 Å². The number of carbonyl (C=O) groups is 1. The molecule has 6 heteroatoms. The first-order chi connectivity index (χ1) is 15.7. The molecule has 0 aromatic heterocycles. The minimum absolute atomic E-state index is 0.0353. The number of halogens is 1. The number of hydrogen-bond donors (Lipinski definition) is 1.